The summed E-state index contributed by atoms with van der Waals surface area (Å²) in [4.78, 5) is 12.2. The minimum atomic E-state index is -0.210. The average molecular weight is 418 g/mol. The zero-order chi connectivity index (χ0) is 22.5. The number of aromatic nitrogens is 1. The Bertz CT molecular complexity index is 1160. The number of carbonyl (C=O) groups excluding carboxylic acids is 1. The van der Waals surface area contributed by atoms with Crippen molar-refractivity contribution in [3.8, 4) is 17.7 Å². The highest BCUT2D eigenvalue weighted by Gasteiger charge is 2.20. The van der Waals surface area contributed by atoms with Crippen LogP contribution in [0.3, 0.4) is 0 Å². The zero-order valence-electron chi connectivity index (χ0n) is 18.4. The van der Waals surface area contributed by atoms with Crippen molar-refractivity contribution in [3.05, 3.63) is 69.7 Å². The van der Waals surface area contributed by atoms with E-state index in [0.29, 0.717) is 18.1 Å². The second-order valence-electron chi connectivity index (χ2n) is 7.28. The van der Waals surface area contributed by atoms with Crippen LogP contribution in [0.5, 0.6) is 5.75 Å². The lowest BCUT2D eigenvalue weighted by atomic mass is 10.1. The first-order valence-corrected chi connectivity index (χ1v) is 10.1. The topological polar surface area (TPSA) is 92.5 Å². The lowest BCUT2D eigenvalue weighted by Crippen LogP contribution is -2.19. The van der Waals surface area contributed by atoms with Gasteiger partial charge in [0.05, 0.1) is 19.2 Å². The van der Waals surface area contributed by atoms with Gasteiger partial charge in [-0.15, -0.1) is 0 Å². The van der Waals surface area contributed by atoms with Gasteiger partial charge < -0.3 is 9.15 Å². The molecule has 0 fully saturated rings. The Morgan fingerprint density at radius 1 is 1.26 bits per heavy atom. The third-order valence-corrected chi connectivity index (χ3v) is 5.14. The van der Waals surface area contributed by atoms with Gasteiger partial charge in [0.1, 0.15) is 23.1 Å². The Labute approximate surface area is 181 Å². The van der Waals surface area contributed by atoms with Crippen molar-refractivity contribution < 1.29 is 13.9 Å². The van der Waals surface area contributed by atoms with Gasteiger partial charge in [0.25, 0.3) is 0 Å². The van der Waals surface area contributed by atoms with Gasteiger partial charge in [-0.25, -0.2) is 5.43 Å². The number of aryl methyl sites for hydroxylation is 2. The van der Waals surface area contributed by atoms with Gasteiger partial charge in [-0.2, -0.15) is 10.4 Å². The molecule has 0 aliphatic rings. The molecule has 0 radical (unpaired) electrons. The van der Waals surface area contributed by atoms with Crippen LogP contribution in [0.2, 0.25) is 0 Å². The van der Waals surface area contributed by atoms with Gasteiger partial charge in [-0.05, 0) is 58.4 Å². The molecule has 2 heterocycles. The maximum absolute atomic E-state index is 12.2. The molecule has 160 valence electrons. The Morgan fingerprint density at radius 2 is 1.97 bits per heavy atom. The first kappa shape index (κ1) is 21.9. The van der Waals surface area contributed by atoms with E-state index in [4.69, 9.17) is 9.15 Å². The summed E-state index contributed by atoms with van der Waals surface area (Å²) >= 11 is 0. The summed E-state index contributed by atoms with van der Waals surface area (Å²) in [5.41, 5.74) is 7.40. The van der Waals surface area contributed by atoms with Gasteiger partial charge in [-0.3, -0.25) is 9.36 Å². The van der Waals surface area contributed by atoms with E-state index in [9.17, 15) is 10.1 Å². The minimum absolute atomic E-state index is 0.210. The van der Waals surface area contributed by atoms with Crippen LogP contribution in [-0.4, -0.2) is 23.3 Å². The molecular weight excluding hydrogens is 392 g/mol. The normalized spacial score (nSPS) is 11.0. The number of ether oxygens (including phenoxy) is 1. The molecule has 1 aromatic carbocycles. The van der Waals surface area contributed by atoms with Gasteiger partial charge in [0, 0.05) is 22.5 Å². The van der Waals surface area contributed by atoms with E-state index in [1.807, 2.05) is 69.5 Å². The number of nitrogens with zero attached hydrogens (tertiary/aromatic N) is 3. The Kier molecular flexibility index (Phi) is 6.61. The fourth-order valence-corrected chi connectivity index (χ4v) is 3.40. The third-order valence-electron chi connectivity index (χ3n) is 5.14. The molecule has 2 aromatic heterocycles. The summed E-state index contributed by atoms with van der Waals surface area (Å²) in [6.07, 6.45) is 1.82. The van der Waals surface area contributed by atoms with Crippen molar-refractivity contribution in [3.63, 3.8) is 0 Å². The molecule has 0 saturated carbocycles. The van der Waals surface area contributed by atoms with Crippen molar-refractivity contribution in [2.75, 3.05) is 6.61 Å². The molecule has 0 aliphatic carbocycles. The van der Waals surface area contributed by atoms with Crippen molar-refractivity contribution in [1.82, 2.24) is 9.99 Å². The van der Waals surface area contributed by atoms with Crippen LogP contribution in [0, 0.1) is 39.0 Å². The summed E-state index contributed by atoms with van der Waals surface area (Å²) in [6, 6.07) is 11.6. The molecule has 3 rings (SSSR count). The van der Waals surface area contributed by atoms with E-state index in [-0.39, 0.29) is 12.3 Å². The monoisotopic (exact) mass is 418 g/mol. The van der Waals surface area contributed by atoms with Crippen LogP contribution in [0.4, 0.5) is 0 Å². The molecule has 7 heteroatoms. The number of hydrogen-bond donors (Lipinski definition) is 1. The number of amides is 1. The standard InChI is InChI=1S/C24H26N4O3/c1-6-30-21-9-7-19(8-10-21)12-23(29)27-26-14-20-11-15(2)28(17(20)4)24-22(13-25)16(3)18(5)31-24/h7-11,14H,6,12H2,1-5H3,(H,27,29)/b26-14+. The summed E-state index contributed by atoms with van der Waals surface area (Å²) in [5, 5.41) is 13.6. The number of furan rings is 1. The lowest BCUT2D eigenvalue weighted by molar-refractivity contribution is -0.120. The van der Waals surface area contributed by atoms with E-state index in [2.05, 4.69) is 16.6 Å². The minimum Gasteiger partial charge on any atom is -0.494 e. The Hall–Kier alpha value is -3.79. The molecule has 0 spiro atoms. The molecular formula is C24H26N4O3. The fourth-order valence-electron chi connectivity index (χ4n) is 3.40. The van der Waals surface area contributed by atoms with Crippen molar-refractivity contribution in [2.45, 2.75) is 41.0 Å². The number of carbonyl (C=O) groups is 1. The highest BCUT2D eigenvalue weighted by atomic mass is 16.5. The number of hydrogen-bond acceptors (Lipinski definition) is 5. The largest absolute Gasteiger partial charge is 0.494 e. The van der Waals surface area contributed by atoms with Crippen molar-refractivity contribution >= 4 is 12.1 Å². The third kappa shape index (κ3) is 4.69. The highest BCUT2D eigenvalue weighted by molar-refractivity contribution is 5.84. The fraction of sp³-hybridized carbons (Fsp3) is 0.292. The first-order chi connectivity index (χ1) is 14.8. The predicted molar refractivity (Wildman–Crippen MR) is 119 cm³/mol. The SMILES string of the molecule is CCOc1ccc(CC(=O)N/N=C/c2cc(C)n(-c3oc(C)c(C)c3C#N)c2C)cc1. The van der Waals surface area contributed by atoms with Crippen LogP contribution in [-0.2, 0) is 11.2 Å². The number of rotatable bonds is 7. The number of benzene rings is 1. The van der Waals surface area contributed by atoms with Gasteiger partial charge >= 0.3 is 0 Å². The molecule has 1 N–H and O–H groups in total. The summed E-state index contributed by atoms with van der Waals surface area (Å²) in [6.45, 7) is 10.1. The molecule has 0 bridgehead atoms. The second kappa shape index (κ2) is 9.35. The van der Waals surface area contributed by atoms with E-state index in [0.717, 1.165) is 39.6 Å². The zero-order valence-corrected chi connectivity index (χ0v) is 18.4. The van der Waals surface area contributed by atoms with Gasteiger partial charge in [0.2, 0.25) is 11.8 Å². The first-order valence-electron chi connectivity index (χ1n) is 10.1. The molecule has 1 amide bonds. The van der Waals surface area contributed by atoms with Crippen LogP contribution in [0.1, 0.15) is 46.3 Å². The Balaban J connectivity index is 1.71. The van der Waals surface area contributed by atoms with Crippen LogP contribution in [0.25, 0.3) is 5.88 Å². The van der Waals surface area contributed by atoms with Crippen molar-refractivity contribution in [2.24, 2.45) is 5.10 Å². The van der Waals surface area contributed by atoms with Crippen LogP contribution in [0.15, 0.2) is 39.9 Å². The number of hydrazone groups is 1. The molecule has 0 aliphatic heterocycles. The Morgan fingerprint density at radius 3 is 2.61 bits per heavy atom. The molecule has 3 aromatic rings. The summed E-state index contributed by atoms with van der Waals surface area (Å²) in [7, 11) is 0. The van der Waals surface area contributed by atoms with Gasteiger partial charge in [-0.1, -0.05) is 12.1 Å². The molecule has 7 nitrogen and oxygen atoms in total. The number of nitrogens with one attached hydrogen (secondary N) is 1. The van der Waals surface area contributed by atoms with E-state index < -0.39 is 0 Å². The van der Waals surface area contributed by atoms with Crippen LogP contribution >= 0.6 is 0 Å². The van der Waals surface area contributed by atoms with E-state index >= 15 is 0 Å². The summed E-state index contributed by atoms with van der Waals surface area (Å²) in [5.74, 6) is 1.79. The maximum Gasteiger partial charge on any atom is 0.244 e. The molecule has 31 heavy (non-hydrogen) atoms. The lowest BCUT2D eigenvalue weighted by Gasteiger charge is -2.06. The average Bonchev–Trinajstić information content (AvgIpc) is 3.17. The van der Waals surface area contributed by atoms with Gasteiger partial charge in [0.15, 0.2) is 0 Å². The van der Waals surface area contributed by atoms with E-state index in [1.165, 1.54) is 0 Å². The van der Waals surface area contributed by atoms with E-state index in [1.54, 1.807) is 6.21 Å². The smallest absolute Gasteiger partial charge is 0.244 e. The van der Waals surface area contributed by atoms with Crippen LogP contribution < -0.4 is 10.2 Å². The van der Waals surface area contributed by atoms with Crippen molar-refractivity contribution in [1.29, 1.82) is 5.26 Å². The molecule has 0 saturated heterocycles. The number of nitriles is 1. The molecule has 0 unspecified atom stereocenters. The summed E-state index contributed by atoms with van der Waals surface area (Å²) < 4.78 is 13.1. The second-order valence-corrected chi connectivity index (χ2v) is 7.28. The predicted octanol–water partition coefficient (Wildman–Crippen LogP) is 4.27. The highest BCUT2D eigenvalue weighted by Crippen LogP contribution is 2.28. The molecule has 0 atom stereocenters. The maximum atomic E-state index is 12.2. The quantitative estimate of drug-likeness (QED) is 0.458.